The number of pyridine rings is 1. The van der Waals surface area contributed by atoms with Gasteiger partial charge in [0.05, 0.1) is 11.6 Å². The molecule has 2 aliphatic rings. The minimum absolute atomic E-state index is 0.0150. The maximum Gasteiger partial charge on any atom is 0.323 e. The lowest BCUT2D eigenvalue weighted by Gasteiger charge is -2.39. The zero-order chi connectivity index (χ0) is 31.2. The first-order valence-corrected chi connectivity index (χ1v) is 15.8. The summed E-state index contributed by atoms with van der Waals surface area (Å²) in [4.78, 5) is 31.8. The van der Waals surface area contributed by atoms with Crippen molar-refractivity contribution in [1.29, 1.82) is 5.26 Å². The van der Waals surface area contributed by atoms with Crippen molar-refractivity contribution < 1.29 is 14.3 Å². The van der Waals surface area contributed by atoms with E-state index in [4.69, 9.17) is 10.00 Å². The van der Waals surface area contributed by atoms with Crippen LogP contribution < -0.4 is 15.5 Å². The quantitative estimate of drug-likeness (QED) is 0.246. The van der Waals surface area contributed by atoms with Crippen LogP contribution in [-0.2, 0) is 20.9 Å². The average Bonchev–Trinajstić information content (AvgIpc) is 3.52. The van der Waals surface area contributed by atoms with Crippen LogP contribution in [-0.4, -0.2) is 35.0 Å². The molecule has 3 aromatic rings. The second-order valence-electron chi connectivity index (χ2n) is 12.6. The van der Waals surface area contributed by atoms with Crippen molar-refractivity contribution in [2.45, 2.75) is 97.0 Å². The van der Waals surface area contributed by atoms with Gasteiger partial charge in [0.2, 0.25) is 5.91 Å². The number of ether oxygens (including phenoxy) is 1. The molecule has 0 saturated heterocycles. The molecule has 0 radical (unpaired) electrons. The number of hydrogen-bond acceptors (Lipinski definition) is 7. The largest absolute Gasteiger partial charge is 0.461 e. The summed E-state index contributed by atoms with van der Waals surface area (Å²) in [6.07, 6.45) is 7.31. The number of rotatable bonds is 10. The molecule has 230 valence electrons. The third-order valence-electron chi connectivity index (χ3n) is 8.65. The van der Waals surface area contributed by atoms with Crippen molar-refractivity contribution in [3.8, 4) is 17.2 Å². The van der Waals surface area contributed by atoms with Gasteiger partial charge < -0.3 is 20.3 Å². The van der Waals surface area contributed by atoms with Gasteiger partial charge in [0.25, 0.3) is 0 Å². The number of nitrogens with zero attached hydrogens (tertiary/aromatic N) is 3. The minimum Gasteiger partial charge on any atom is -0.461 e. The smallest absolute Gasteiger partial charge is 0.323 e. The van der Waals surface area contributed by atoms with E-state index < -0.39 is 0 Å². The van der Waals surface area contributed by atoms with E-state index in [0.717, 1.165) is 66.5 Å². The molecule has 2 heterocycles. The number of carbonyl (C=O) groups is 2. The van der Waals surface area contributed by atoms with Gasteiger partial charge in [0.1, 0.15) is 24.0 Å². The first kappa shape index (κ1) is 31.2. The Labute approximate surface area is 260 Å². The van der Waals surface area contributed by atoms with Crippen LogP contribution in [0.3, 0.4) is 0 Å². The van der Waals surface area contributed by atoms with E-state index in [0.29, 0.717) is 23.8 Å². The summed E-state index contributed by atoms with van der Waals surface area (Å²) in [7, 11) is 0. The van der Waals surface area contributed by atoms with Crippen LogP contribution in [0.2, 0.25) is 0 Å². The number of amides is 1. The SMILES string of the molecule is CC(=O)N1c2ccc(-c3ccc(CNC(CC(C)C)C(=O)OC4CCCC4)cc3)cc2[C@H](Nc2ccc(C#N)cn2)C[C@@H]1C. The van der Waals surface area contributed by atoms with E-state index in [1.165, 1.54) is 0 Å². The van der Waals surface area contributed by atoms with Crippen LogP contribution in [0.25, 0.3) is 11.1 Å². The molecule has 8 nitrogen and oxygen atoms in total. The Morgan fingerprint density at radius 3 is 2.43 bits per heavy atom. The van der Waals surface area contributed by atoms with Crippen molar-refractivity contribution in [2.24, 2.45) is 5.92 Å². The second-order valence-corrected chi connectivity index (χ2v) is 12.6. The maximum absolute atomic E-state index is 12.9. The third-order valence-corrected chi connectivity index (χ3v) is 8.65. The number of esters is 1. The van der Waals surface area contributed by atoms with E-state index in [-0.39, 0.29) is 36.1 Å². The Balaban J connectivity index is 1.32. The van der Waals surface area contributed by atoms with Crippen LogP contribution in [0.5, 0.6) is 0 Å². The summed E-state index contributed by atoms with van der Waals surface area (Å²) in [5.41, 5.74) is 5.66. The highest BCUT2D eigenvalue weighted by Gasteiger charge is 2.33. The molecule has 1 fully saturated rings. The first-order chi connectivity index (χ1) is 21.2. The molecule has 1 amide bonds. The summed E-state index contributed by atoms with van der Waals surface area (Å²) in [5.74, 6) is 0.947. The number of hydrogen-bond donors (Lipinski definition) is 2. The molecule has 1 aliphatic heterocycles. The highest BCUT2D eigenvalue weighted by Crippen LogP contribution is 2.41. The first-order valence-electron chi connectivity index (χ1n) is 15.8. The number of aromatic nitrogens is 1. The lowest BCUT2D eigenvalue weighted by molar-refractivity contribution is -0.151. The molecular formula is C36H43N5O3. The second kappa shape index (κ2) is 14.0. The number of anilines is 2. The number of fused-ring (bicyclic) bond motifs is 1. The van der Waals surface area contributed by atoms with Gasteiger partial charge in [-0.1, -0.05) is 44.2 Å². The molecular weight excluding hydrogens is 550 g/mol. The summed E-state index contributed by atoms with van der Waals surface area (Å²) >= 11 is 0. The van der Waals surface area contributed by atoms with Crippen molar-refractivity contribution in [3.05, 3.63) is 77.5 Å². The monoisotopic (exact) mass is 593 g/mol. The number of nitriles is 1. The van der Waals surface area contributed by atoms with E-state index in [1.54, 1.807) is 19.2 Å². The Morgan fingerprint density at radius 1 is 1.07 bits per heavy atom. The van der Waals surface area contributed by atoms with Crippen LogP contribution in [0.4, 0.5) is 11.5 Å². The fourth-order valence-electron chi connectivity index (χ4n) is 6.43. The van der Waals surface area contributed by atoms with Gasteiger partial charge in [-0.05, 0) is 97.9 Å². The zero-order valence-electron chi connectivity index (χ0n) is 26.2. The normalized spacial score (nSPS) is 18.9. The Hall–Kier alpha value is -4.22. The molecule has 2 aromatic carbocycles. The van der Waals surface area contributed by atoms with Gasteiger partial charge in [0.15, 0.2) is 0 Å². The van der Waals surface area contributed by atoms with E-state index >= 15 is 0 Å². The van der Waals surface area contributed by atoms with Crippen LogP contribution in [0, 0.1) is 17.2 Å². The van der Waals surface area contributed by atoms with E-state index in [9.17, 15) is 9.59 Å². The fourth-order valence-corrected chi connectivity index (χ4v) is 6.43. The molecule has 1 aromatic heterocycles. The van der Waals surface area contributed by atoms with Crippen LogP contribution in [0.1, 0.15) is 89.0 Å². The summed E-state index contributed by atoms with van der Waals surface area (Å²) in [6.45, 7) is 8.50. The summed E-state index contributed by atoms with van der Waals surface area (Å²) < 4.78 is 5.82. The van der Waals surface area contributed by atoms with Crippen molar-refractivity contribution >= 4 is 23.4 Å². The number of carbonyl (C=O) groups excluding carboxylic acids is 2. The maximum atomic E-state index is 12.9. The molecule has 8 heteroatoms. The predicted octanol–water partition coefficient (Wildman–Crippen LogP) is 6.91. The average molecular weight is 594 g/mol. The van der Waals surface area contributed by atoms with E-state index in [2.05, 4.69) is 78.9 Å². The molecule has 5 rings (SSSR count). The molecule has 0 spiro atoms. The van der Waals surface area contributed by atoms with Crippen molar-refractivity contribution in [1.82, 2.24) is 10.3 Å². The topological polar surface area (TPSA) is 107 Å². The lowest BCUT2D eigenvalue weighted by Crippen LogP contribution is -2.43. The van der Waals surface area contributed by atoms with Gasteiger partial charge >= 0.3 is 5.97 Å². The highest BCUT2D eigenvalue weighted by molar-refractivity contribution is 5.94. The van der Waals surface area contributed by atoms with Gasteiger partial charge in [-0.2, -0.15) is 5.26 Å². The molecule has 0 bridgehead atoms. The van der Waals surface area contributed by atoms with E-state index in [1.807, 2.05) is 17.0 Å². The van der Waals surface area contributed by atoms with Crippen LogP contribution in [0.15, 0.2) is 60.8 Å². The molecule has 1 saturated carbocycles. The Morgan fingerprint density at radius 2 is 1.80 bits per heavy atom. The Bertz CT molecular complexity index is 1490. The fraction of sp³-hybridized carbons (Fsp3) is 0.444. The lowest BCUT2D eigenvalue weighted by atomic mass is 9.89. The van der Waals surface area contributed by atoms with Crippen LogP contribution >= 0.6 is 0 Å². The molecule has 2 N–H and O–H groups in total. The summed E-state index contributed by atoms with van der Waals surface area (Å²) in [6, 6.07) is 20.0. The van der Waals surface area contributed by atoms with Gasteiger partial charge in [0, 0.05) is 31.4 Å². The standard InChI is InChI=1S/C36H43N5O3/c1-23(2)17-33(36(43)44-30-7-5-6-8-30)38-21-26-9-12-28(13-10-26)29-14-15-34-31(19-29)32(18-24(3)41(34)25(4)42)40-35-16-11-27(20-37)22-39-35/h9-16,19,22-24,30,32-33,38H,5-8,17-18,21H2,1-4H3,(H,39,40)/t24-,32+,33?/m0/s1. The molecule has 44 heavy (non-hydrogen) atoms. The third kappa shape index (κ3) is 7.46. The van der Waals surface area contributed by atoms with Gasteiger partial charge in [-0.25, -0.2) is 4.98 Å². The number of nitrogens with one attached hydrogen (secondary N) is 2. The zero-order valence-corrected chi connectivity index (χ0v) is 26.2. The Kier molecular flexibility index (Phi) is 9.96. The summed E-state index contributed by atoms with van der Waals surface area (Å²) in [5, 5.41) is 16.1. The van der Waals surface area contributed by atoms with Crippen molar-refractivity contribution in [2.75, 3.05) is 10.2 Å². The van der Waals surface area contributed by atoms with Gasteiger partial charge in [-0.15, -0.1) is 0 Å². The van der Waals surface area contributed by atoms with Gasteiger partial charge in [-0.3, -0.25) is 9.59 Å². The molecule has 1 unspecified atom stereocenters. The molecule has 3 atom stereocenters. The minimum atomic E-state index is -0.322. The number of benzene rings is 2. The van der Waals surface area contributed by atoms with Crippen molar-refractivity contribution in [3.63, 3.8) is 0 Å². The highest BCUT2D eigenvalue weighted by atomic mass is 16.5. The molecule has 1 aliphatic carbocycles. The predicted molar refractivity (Wildman–Crippen MR) is 173 cm³/mol.